The number of hydrogen-bond donors (Lipinski definition) is 0. The fraction of sp³-hybridized carbons (Fsp3) is 0.500. The van der Waals surface area contributed by atoms with Crippen molar-refractivity contribution < 1.29 is 13.2 Å². The summed E-state index contributed by atoms with van der Waals surface area (Å²) in [6, 6.07) is 1.68. The van der Waals surface area contributed by atoms with Gasteiger partial charge in [-0.2, -0.15) is 18.3 Å². The van der Waals surface area contributed by atoms with E-state index in [9.17, 15) is 13.2 Å². The van der Waals surface area contributed by atoms with E-state index in [4.69, 9.17) is 0 Å². The quantitative estimate of drug-likeness (QED) is 0.737. The minimum Gasteiger partial charge on any atom is -0.272 e. The number of rotatable bonds is 3. The normalized spacial score (nSPS) is 11.9. The second-order valence-corrected chi connectivity index (χ2v) is 3.22. The van der Waals surface area contributed by atoms with Crippen LogP contribution in [-0.2, 0) is 6.54 Å². The Hall–Kier alpha value is -0.650. The summed E-state index contributed by atoms with van der Waals surface area (Å²) in [6.45, 7) is 0.289. The van der Waals surface area contributed by atoms with Crippen molar-refractivity contribution in [2.45, 2.75) is 12.1 Å². The molecule has 0 saturated carbocycles. The Balaban J connectivity index is 2.20. The molecule has 0 aliphatic heterocycles. The molecule has 0 aliphatic carbocycles. The highest BCUT2D eigenvalue weighted by atomic mass is 32.2. The molecule has 0 radical (unpaired) electrons. The van der Waals surface area contributed by atoms with E-state index in [1.54, 1.807) is 12.3 Å². The number of halogens is 3. The molecule has 12 heavy (non-hydrogen) atoms. The smallest absolute Gasteiger partial charge is 0.272 e. The maximum absolute atomic E-state index is 11.6. The number of thioether (sulfide) groups is 1. The maximum Gasteiger partial charge on any atom is 0.441 e. The van der Waals surface area contributed by atoms with Crippen LogP contribution in [0, 0.1) is 0 Å². The fourth-order valence-corrected chi connectivity index (χ4v) is 1.20. The zero-order chi connectivity index (χ0) is 9.03. The molecule has 1 aromatic heterocycles. The number of alkyl halides is 3. The molecular formula is C6H7F3N2S. The zero-order valence-electron chi connectivity index (χ0n) is 6.08. The fourth-order valence-electron chi connectivity index (χ4n) is 0.688. The maximum atomic E-state index is 11.6. The van der Waals surface area contributed by atoms with Crippen LogP contribution >= 0.6 is 11.8 Å². The Bertz CT molecular complexity index is 219. The Morgan fingerprint density at radius 1 is 1.42 bits per heavy atom. The lowest BCUT2D eigenvalue weighted by Crippen LogP contribution is -2.06. The molecule has 0 N–H and O–H groups in total. The van der Waals surface area contributed by atoms with E-state index in [1.165, 1.54) is 10.9 Å². The van der Waals surface area contributed by atoms with Gasteiger partial charge in [0.2, 0.25) is 0 Å². The van der Waals surface area contributed by atoms with Crippen LogP contribution in [0.15, 0.2) is 18.5 Å². The SMILES string of the molecule is FC(F)(F)SCCn1cccn1. The van der Waals surface area contributed by atoms with Crippen LogP contribution in [0.2, 0.25) is 0 Å². The first-order valence-corrected chi connectivity index (χ1v) is 4.24. The monoisotopic (exact) mass is 196 g/mol. The standard InChI is InChI=1S/C6H7F3N2S/c7-6(8,9)12-5-4-11-3-1-2-10-11/h1-3H,4-5H2. The molecule has 68 valence electrons. The summed E-state index contributed by atoms with van der Waals surface area (Å²) in [7, 11) is 0. The molecule has 0 atom stereocenters. The van der Waals surface area contributed by atoms with E-state index < -0.39 is 5.51 Å². The number of aryl methyl sites for hydroxylation is 1. The van der Waals surface area contributed by atoms with Gasteiger partial charge in [0.25, 0.3) is 0 Å². The van der Waals surface area contributed by atoms with Gasteiger partial charge in [0.1, 0.15) is 0 Å². The highest BCUT2D eigenvalue weighted by molar-refractivity contribution is 8.00. The van der Waals surface area contributed by atoms with Gasteiger partial charge in [-0.3, -0.25) is 4.68 Å². The van der Waals surface area contributed by atoms with Crippen LogP contribution in [0.4, 0.5) is 13.2 Å². The number of hydrogen-bond acceptors (Lipinski definition) is 2. The Labute approximate surface area is 71.8 Å². The van der Waals surface area contributed by atoms with Crippen molar-refractivity contribution in [1.29, 1.82) is 0 Å². The van der Waals surface area contributed by atoms with E-state index >= 15 is 0 Å². The molecule has 1 aromatic rings. The summed E-state index contributed by atoms with van der Waals surface area (Å²) in [5, 5.41) is 3.77. The Kier molecular flexibility index (Phi) is 3.02. The number of aromatic nitrogens is 2. The molecule has 2 nitrogen and oxygen atoms in total. The topological polar surface area (TPSA) is 17.8 Å². The first kappa shape index (κ1) is 9.44. The van der Waals surface area contributed by atoms with Crippen LogP contribution in [0.3, 0.4) is 0 Å². The zero-order valence-corrected chi connectivity index (χ0v) is 6.90. The van der Waals surface area contributed by atoms with Gasteiger partial charge < -0.3 is 0 Å². The minimum absolute atomic E-state index is 0.00514. The van der Waals surface area contributed by atoms with E-state index in [2.05, 4.69) is 5.10 Å². The van der Waals surface area contributed by atoms with Crippen LogP contribution in [0.1, 0.15) is 0 Å². The largest absolute Gasteiger partial charge is 0.441 e. The van der Waals surface area contributed by atoms with Gasteiger partial charge >= 0.3 is 5.51 Å². The minimum atomic E-state index is -4.13. The van der Waals surface area contributed by atoms with Crippen molar-refractivity contribution >= 4 is 11.8 Å². The molecule has 0 bridgehead atoms. The summed E-state index contributed by atoms with van der Waals surface area (Å²) in [6.07, 6.45) is 3.18. The van der Waals surface area contributed by atoms with Crippen molar-refractivity contribution in [3.63, 3.8) is 0 Å². The molecule has 1 heterocycles. The lowest BCUT2D eigenvalue weighted by Gasteiger charge is -2.04. The molecule has 0 amide bonds. The molecule has 0 aromatic carbocycles. The van der Waals surface area contributed by atoms with Gasteiger partial charge in [-0.15, -0.1) is 0 Å². The first-order chi connectivity index (χ1) is 5.58. The summed E-state index contributed by atoms with van der Waals surface area (Å²) in [4.78, 5) is 0. The third-order valence-electron chi connectivity index (χ3n) is 1.15. The van der Waals surface area contributed by atoms with Crippen LogP contribution in [-0.4, -0.2) is 21.0 Å². The Morgan fingerprint density at radius 3 is 2.67 bits per heavy atom. The third kappa shape index (κ3) is 3.66. The van der Waals surface area contributed by atoms with Gasteiger partial charge in [-0.25, -0.2) is 0 Å². The summed E-state index contributed by atoms with van der Waals surface area (Å²) in [5.74, 6) is 0.00514. The van der Waals surface area contributed by atoms with Gasteiger partial charge in [-0.1, -0.05) is 0 Å². The molecule has 1 rings (SSSR count). The Morgan fingerprint density at radius 2 is 2.17 bits per heavy atom. The third-order valence-corrected chi connectivity index (χ3v) is 1.86. The number of nitrogens with zero attached hydrogens (tertiary/aromatic N) is 2. The van der Waals surface area contributed by atoms with Crippen LogP contribution < -0.4 is 0 Å². The van der Waals surface area contributed by atoms with Crippen LogP contribution in [0.25, 0.3) is 0 Å². The van der Waals surface area contributed by atoms with E-state index in [1.807, 2.05) is 0 Å². The van der Waals surface area contributed by atoms with E-state index in [0.29, 0.717) is 0 Å². The first-order valence-electron chi connectivity index (χ1n) is 3.26. The summed E-state index contributed by atoms with van der Waals surface area (Å²) >= 11 is -0.0290. The molecule has 6 heteroatoms. The van der Waals surface area contributed by atoms with Crippen molar-refractivity contribution in [1.82, 2.24) is 9.78 Å². The summed E-state index contributed by atoms with van der Waals surface area (Å²) < 4.78 is 36.3. The van der Waals surface area contributed by atoms with Crippen LogP contribution in [0.5, 0.6) is 0 Å². The lowest BCUT2D eigenvalue weighted by molar-refractivity contribution is -0.0328. The highest BCUT2D eigenvalue weighted by Crippen LogP contribution is 2.29. The molecule has 0 fully saturated rings. The van der Waals surface area contributed by atoms with Gasteiger partial charge in [0, 0.05) is 18.1 Å². The predicted octanol–water partition coefficient (Wildman–Crippen LogP) is 2.14. The van der Waals surface area contributed by atoms with Gasteiger partial charge in [0.15, 0.2) is 0 Å². The van der Waals surface area contributed by atoms with Crippen molar-refractivity contribution in [2.24, 2.45) is 0 Å². The molecule has 0 saturated heterocycles. The van der Waals surface area contributed by atoms with Crippen molar-refractivity contribution in [3.8, 4) is 0 Å². The average molecular weight is 196 g/mol. The predicted molar refractivity (Wildman–Crippen MR) is 40.7 cm³/mol. The van der Waals surface area contributed by atoms with Crippen molar-refractivity contribution in [2.75, 3.05) is 5.75 Å². The van der Waals surface area contributed by atoms with Crippen molar-refractivity contribution in [3.05, 3.63) is 18.5 Å². The van der Waals surface area contributed by atoms with Gasteiger partial charge in [0.05, 0.1) is 6.54 Å². The molecule has 0 unspecified atom stereocenters. The highest BCUT2D eigenvalue weighted by Gasteiger charge is 2.27. The average Bonchev–Trinajstić information content (AvgIpc) is 2.36. The van der Waals surface area contributed by atoms with Gasteiger partial charge in [-0.05, 0) is 17.8 Å². The molecule has 0 spiro atoms. The molecule has 0 aliphatic rings. The molecular weight excluding hydrogens is 189 g/mol. The second kappa shape index (κ2) is 3.84. The summed E-state index contributed by atoms with van der Waals surface area (Å²) in [5.41, 5.74) is -4.13. The van der Waals surface area contributed by atoms with E-state index in [0.717, 1.165) is 0 Å². The lowest BCUT2D eigenvalue weighted by atomic mass is 10.7. The van der Waals surface area contributed by atoms with E-state index in [-0.39, 0.29) is 24.1 Å². The second-order valence-electron chi connectivity index (χ2n) is 2.06.